The average molecular weight is 279 g/mol. The van der Waals surface area contributed by atoms with Gasteiger partial charge in [-0.1, -0.05) is 13.8 Å². The fraction of sp³-hybridized carbons (Fsp3) is 0.600. The van der Waals surface area contributed by atoms with Crippen LogP contribution in [0.15, 0.2) is 10.5 Å². The van der Waals surface area contributed by atoms with Crippen LogP contribution < -0.4 is 0 Å². The summed E-state index contributed by atoms with van der Waals surface area (Å²) in [6.07, 6.45) is 2.66. The van der Waals surface area contributed by atoms with Crippen LogP contribution in [0.2, 0.25) is 0 Å². The number of nitrogens with zero attached hydrogens (tertiary/aromatic N) is 1. The van der Waals surface area contributed by atoms with Gasteiger partial charge >= 0.3 is 5.97 Å². The van der Waals surface area contributed by atoms with Gasteiger partial charge in [-0.25, -0.2) is 0 Å². The van der Waals surface area contributed by atoms with Gasteiger partial charge in [0.15, 0.2) is 5.76 Å². The van der Waals surface area contributed by atoms with E-state index in [9.17, 15) is 9.59 Å². The highest BCUT2D eigenvalue weighted by Gasteiger charge is 2.29. The Kier molecular flexibility index (Phi) is 4.47. The fourth-order valence-electron chi connectivity index (χ4n) is 2.66. The highest BCUT2D eigenvalue weighted by molar-refractivity contribution is 5.92. The number of likely N-dealkylation sites (tertiary alicyclic amines) is 1. The minimum absolute atomic E-state index is 0.122. The van der Waals surface area contributed by atoms with E-state index < -0.39 is 5.97 Å². The second-order valence-electron chi connectivity index (χ2n) is 5.17. The third kappa shape index (κ3) is 2.86. The van der Waals surface area contributed by atoms with Crippen LogP contribution >= 0.6 is 0 Å². The summed E-state index contributed by atoms with van der Waals surface area (Å²) in [5.41, 5.74) is 1.08. The van der Waals surface area contributed by atoms with E-state index in [1.807, 2.05) is 19.9 Å². The van der Waals surface area contributed by atoms with E-state index in [-0.39, 0.29) is 11.8 Å². The van der Waals surface area contributed by atoms with Crippen LogP contribution in [0, 0.1) is 5.92 Å². The molecule has 0 aromatic carbocycles. The molecule has 1 aliphatic heterocycles. The zero-order chi connectivity index (χ0) is 14.7. The molecule has 1 aliphatic rings. The molecule has 1 aromatic heterocycles. The highest BCUT2D eigenvalue weighted by atomic mass is 16.4. The van der Waals surface area contributed by atoms with Crippen molar-refractivity contribution in [3.63, 3.8) is 0 Å². The first-order chi connectivity index (χ1) is 9.56. The molecule has 0 bridgehead atoms. The van der Waals surface area contributed by atoms with E-state index in [1.54, 1.807) is 4.90 Å². The molecule has 2 heterocycles. The Labute approximate surface area is 118 Å². The van der Waals surface area contributed by atoms with Crippen LogP contribution in [0.3, 0.4) is 0 Å². The molecule has 1 fully saturated rings. The molecule has 0 saturated carbocycles. The van der Waals surface area contributed by atoms with Crippen molar-refractivity contribution in [2.24, 2.45) is 5.92 Å². The van der Waals surface area contributed by atoms with Crippen LogP contribution in [0.1, 0.15) is 48.6 Å². The van der Waals surface area contributed by atoms with Crippen molar-refractivity contribution in [2.45, 2.75) is 39.5 Å². The van der Waals surface area contributed by atoms with Crippen molar-refractivity contribution in [1.82, 2.24) is 4.90 Å². The number of carbonyl (C=O) groups excluding carboxylic acids is 1. The normalized spacial score (nSPS) is 16.4. The molecule has 0 spiro atoms. The van der Waals surface area contributed by atoms with E-state index >= 15 is 0 Å². The summed E-state index contributed by atoms with van der Waals surface area (Å²) in [6, 6.07) is 1.82. The van der Waals surface area contributed by atoms with Gasteiger partial charge in [0.05, 0.1) is 5.92 Å². The van der Waals surface area contributed by atoms with Crippen molar-refractivity contribution in [3.05, 3.63) is 23.2 Å². The Morgan fingerprint density at radius 2 is 1.95 bits per heavy atom. The molecule has 0 radical (unpaired) electrons. The maximum absolute atomic E-state index is 12.4. The summed E-state index contributed by atoms with van der Waals surface area (Å²) in [5.74, 6) is 0.0386. The largest absolute Gasteiger partial charge is 0.481 e. The maximum atomic E-state index is 12.4. The maximum Gasteiger partial charge on any atom is 0.306 e. The van der Waals surface area contributed by atoms with E-state index in [4.69, 9.17) is 9.52 Å². The third-order valence-corrected chi connectivity index (χ3v) is 3.94. The SMILES string of the molecule is CCc1cc(C(=O)N2CCC(C(=O)O)CC2)oc1CC. The number of amides is 1. The summed E-state index contributed by atoms with van der Waals surface area (Å²) in [5, 5.41) is 8.96. The van der Waals surface area contributed by atoms with Gasteiger partial charge in [0.25, 0.3) is 5.91 Å². The lowest BCUT2D eigenvalue weighted by molar-refractivity contribution is -0.143. The Morgan fingerprint density at radius 1 is 1.30 bits per heavy atom. The minimum atomic E-state index is -0.767. The Morgan fingerprint density at radius 3 is 2.40 bits per heavy atom. The number of carbonyl (C=O) groups is 2. The van der Waals surface area contributed by atoms with E-state index in [2.05, 4.69) is 0 Å². The smallest absolute Gasteiger partial charge is 0.306 e. The molecular weight excluding hydrogens is 258 g/mol. The second kappa shape index (κ2) is 6.11. The molecular formula is C15H21NO4. The van der Waals surface area contributed by atoms with Crippen LogP contribution in [0.4, 0.5) is 0 Å². The molecule has 0 unspecified atom stereocenters. The average Bonchev–Trinajstić information content (AvgIpc) is 2.89. The molecule has 5 nitrogen and oxygen atoms in total. The Hall–Kier alpha value is -1.78. The van der Waals surface area contributed by atoms with Gasteiger partial charge < -0.3 is 14.4 Å². The molecule has 0 aliphatic carbocycles. The first-order valence-electron chi connectivity index (χ1n) is 7.20. The zero-order valence-corrected chi connectivity index (χ0v) is 12.0. The molecule has 110 valence electrons. The zero-order valence-electron chi connectivity index (χ0n) is 12.0. The van der Waals surface area contributed by atoms with Gasteiger partial charge in [-0.2, -0.15) is 0 Å². The topological polar surface area (TPSA) is 70.8 Å². The molecule has 1 aromatic rings. The predicted molar refractivity (Wildman–Crippen MR) is 73.7 cm³/mol. The number of furan rings is 1. The van der Waals surface area contributed by atoms with Gasteiger partial charge in [0.2, 0.25) is 0 Å². The molecule has 1 amide bonds. The fourth-order valence-corrected chi connectivity index (χ4v) is 2.66. The number of carboxylic acid groups (broad SMARTS) is 1. The van der Waals surface area contributed by atoms with E-state index in [1.165, 1.54) is 0 Å². The summed E-state index contributed by atoms with van der Waals surface area (Å²) in [6.45, 7) is 5.01. The van der Waals surface area contributed by atoms with Crippen molar-refractivity contribution >= 4 is 11.9 Å². The molecule has 1 saturated heterocycles. The van der Waals surface area contributed by atoms with Crippen molar-refractivity contribution in [1.29, 1.82) is 0 Å². The van der Waals surface area contributed by atoms with E-state index in [0.717, 1.165) is 24.2 Å². The molecule has 20 heavy (non-hydrogen) atoms. The summed E-state index contributed by atoms with van der Waals surface area (Å²) >= 11 is 0. The monoisotopic (exact) mass is 279 g/mol. The standard InChI is InChI=1S/C15H21NO4/c1-3-10-9-13(20-12(10)4-2)14(17)16-7-5-11(6-8-16)15(18)19/h9,11H,3-8H2,1-2H3,(H,18,19). The quantitative estimate of drug-likeness (QED) is 0.918. The summed E-state index contributed by atoms with van der Waals surface area (Å²) in [4.78, 5) is 25.0. The number of rotatable bonds is 4. The molecule has 0 atom stereocenters. The predicted octanol–water partition coefficient (Wildman–Crippen LogP) is 2.34. The number of aliphatic carboxylic acids is 1. The lowest BCUT2D eigenvalue weighted by Crippen LogP contribution is -2.40. The minimum Gasteiger partial charge on any atom is -0.481 e. The molecule has 5 heteroatoms. The summed E-state index contributed by atoms with van der Waals surface area (Å²) < 4.78 is 5.64. The van der Waals surface area contributed by atoms with Crippen LogP contribution in [-0.4, -0.2) is 35.0 Å². The number of piperidine rings is 1. The Balaban J connectivity index is 2.05. The van der Waals surface area contributed by atoms with Crippen LogP contribution in [-0.2, 0) is 17.6 Å². The number of hydrogen-bond donors (Lipinski definition) is 1. The first kappa shape index (κ1) is 14.6. The van der Waals surface area contributed by atoms with Crippen molar-refractivity contribution in [2.75, 3.05) is 13.1 Å². The van der Waals surface area contributed by atoms with Crippen molar-refractivity contribution < 1.29 is 19.1 Å². The highest BCUT2D eigenvalue weighted by Crippen LogP contribution is 2.22. The van der Waals surface area contributed by atoms with Crippen LogP contribution in [0.25, 0.3) is 0 Å². The van der Waals surface area contributed by atoms with Gasteiger partial charge in [-0.05, 0) is 30.9 Å². The summed E-state index contributed by atoms with van der Waals surface area (Å²) in [7, 11) is 0. The van der Waals surface area contributed by atoms with Gasteiger partial charge in [-0.15, -0.1) is 0 Å². The lowest BCUT2D eigenvalue weighted by atomic mass is 9.97. The van der Waals surface area contributed by atoms with Gasteiger partial charge in [0.1, 0.15) is 5.76 Å². The van der Waals surface area contributed by atoms with Crippen molar-refractivity contribution in [3.8, 4) is 0 Å². The third-order valence-electron chi connectivity index (χ3n) is 3.94. The van der Waals surface area contributed by atoms with E-state index in [0.29, 0.717) is 31.7 Å². The number of carboxylic acids is 1. The number of hydrogen-bond acceptors (Lipinski definition) is 3. The first-order valence-corrected chi connectivity index (χ1v) is 7.20. The lowest BCUT2D eigenvalue weighted by Gasteiger charge is -2.29. The Bertz CT molecular complexity index is 476. The molecule has 1 N–H and O–H groups in total. The second-order valence-corrected chi connectivity index (χ2v) is 5.17. The molecule has 2 rings (SSSR count). The van der Waals surface area contributed by atoms with Crippen LogP contribution in [0.5, 0.6) is 0 Å². The van der Waals surface area contributed by atoms with Gasteiger partial charge in [-0.3, -0.25) is 9.59 Å². The number of aryl methyl sites for hydroxylation is 2. The van der Waals surface area contributed by atoms with Gasteiger partial charge in [0, 0.05) is 19.5 Å².